The maximum Gasteiger partial charge on any atom is 0.00419 e. The number of nitrogens with one attached hydrogen (secondary N) is 1. The van der Waals surface area contributed by atoms with Crippen molar-refractivity contribution in [2.75, 3.05) is 6.54 Å². The van der Waals surface area contributed by atoms with E-state index in [1.165, 1.54) is 45.1 Å². The van der Waals surface area contributed by atoms with Gasteiger partial charge in [0, 0.05) is 12.6 Å². The molecule has 0 spiro atoms. The molecule has 0 bridgehead atoms. The summed E-state index contributed by atoms with van der Waals surface area (Å²) in [4.78, 5) is 0. The Morgan fingerprint density at radius 2 is 1.88 bits per heavy atom. The lowest BCUT2D eigenvalue weighted by molar-refractivity contribution is 0.215. The summed E-state index contributed by atoms with van der Waals surface area (Å²) < 4.78 is 0. The summed E-state index contributed by atoms with van der Waals surface area (Å²) >= 11 is 0. The Hall–Kier alpha value is -0.300. The van der Waals surface area contributed by atoms with Crippen molar-refractivity contribution in [3.8, 4) is 0 Å². The maximum absolute atomic E-state index is 3.80. The first-order valence-corrected chi connectivity index (χ1v) is 7.42. The van der Waals surface area contributed by atoms with E-state index in [9.17, 15) is 0 Å². The van der Waals surface area contributed by atoms with Gasteiger partial charge in [0.15, 0.2) is 0 Å². The lowest BCUT2D eigenvalue weighted by Gasteiger charge is -2.32. The van der Waals surface area contributed by atoms with Crippen LogP contribution < -0.4 is 5.32 Å². The minimum Gasteiger partial charge on any atom is -0.314 e. The molecule has 0 aromatic rings. The predicted octanol–water partition coefficient (Wildman–Crippen LogP) is 4.54. The van der Waals surface area contributed by atoms with Crippen LogP contribution in [0.25, 0.3) is 0 Å². The van der Waals surface area contributed by atoms with Gasteiger partial charge >= 0.3 is 0 Å². The van der Waals surface area contributed by atoms with E-state index in [1.54, 1.807) is 0 Å². The van der Waals surface area contributed by atoms with Crippen LogP contribution in [-0.4, -0.2) is 12.6 Å². The van der Waals surface area contributed by atoms with E-state index in [4.69, 9.17) is 0 Å². The van der Waals surface area contributed by atoms with Gasteiger partial charge in [-0.3, -0.25) is 0 Å². The molecule has 1 saturated carbocycles. The van der Waals surface area contributed by atoms with Crippen molar-refractivity contribution in [1.82, 2.24) is 5.32 Å². The standard InChI is InChI=1S/C16H31N/c1-5-6-9-15(4)17-13-16(12-14(2)3)10-7-8-11-16/h5,14-15,17H,1,6-13H2,2-4H3. The Kier molecular flexibility index (Phi) is 6.26. The van der Waals surface area contributed by atoms with E-state index >= 15 is 0 Å². The second-order valence-corrected chi connectivity index (χ2v) is 6.45. The number of rotatable bonds is 8. The lowest BCUT2D eigenvalue weighted by atomic mass is 9.78. The summed E-state index contributed by atoms with van der Waals surface area (Å²) in [6.07, 6.45) is 11.5. The van der Waals surface area contributed by atoms with E-state index in [2.05, 4.69) is 32.7 Å². The molecule has 0 aliphatic heterocycles. The van der Waals surface area contributed by atoms with Gasteiger partial charge in [0.05, 0.1) is 0 Å². The second-order valence-electron chi connectivity index (χ2n) is 6.45. The van der Waals surface area contributed by atoms with Gasteiger partial charge in [-0.15, -0.1) is 6.58 Å². The van der Waals surface area contributed by atoms with Gasteiger partial charge in [-0.1, -0.05) is 32.8 Å². The fourth-order valence-electron chi connectivity index (χ4n) is 3.30. The summed E-state index contributed by atoms with van der Waals surface area (Å²) in [7, 11) is 0. The molecule has 17 heavy (non-hydrogen) atoms. The Balaban J connectivity index is 2.36. The van der Waals surface area contributed by atoms with Crippen LogP contribution in [-0.2, 0) is 0 Å². The van der Waals surface area contributed by atoms with E-state index in [1.807, 2.05) is 6.08 Å². The van der Waals surface area contributed by atoms with Gasteiger partial charge in [-0.05, 0) is 50.4 Å². The molecule has 0 heterocycles. The summed E-state index contributed by atoms with van der Waals surface area (Å²) in [6.45, 7) is 12.1. The zero-order valence-electron chi connectivity index (χ0n) is 12.1. The third-order valence-corrected chi connectivity index (χ3v) is 4.13. The molecule has 0 aromatic carbocycles. The Bertz CT molecular complexity index is 214. The van der Waals surface area contributed by atoms with Crippen molar-refractivity contribution < 1.29 is 0 Å². The Morgan fingerprint density at radius 1 is 1.24 bits per heavy atom. The molecule has 0 radical (unpaired) electrons. The number of allylic oxidation sites excluding steroid dienone is 1. The van der Waals surface area contributed by atoms with Crippen LogP contribution in [0.5, 0.6) is 0 Å². The molecule has 1 atom stereocenters. The SMILES string of the molecule is C=CCCC(C)NCC1(CC(C)C)CCCC1. The second kappa shape index (κ2) is 7.20. The Labute approximate surface area is 108 Å². The average Bonchev–Trinajstić information content (AvgIpc) is 2.71. The quantitative estimate of drug-likeness (QED) is 0.611. The van der Waals surface area contributed by atoms with E-state index in [-0.39, 0.29) is 0 Å². The van der Waals surface area contributed by atoms with Crippen molar-refractivity contribution in [3.63, 3.8) is 0 Å². The van der Waals surface area contributed by atoms with Crippen LogP contribution in [0.15, 0.2) is 12.7 Å². The van der Waals surface area contributed by atoms with Gasteiger partial charge in [0.1, 0.15) is 0 Å². The van der Waals surface area contributed by atoms with Gasteiger partial charge in [-0.2, -0.15) is 0 Å². The molecular formula is C16H31N. The maximum atomic E-state index is 3.80. The molecule has 0 amide bonds. The fraction of sp³-hybridized carbons (Fsp3) is 0.875. The molecule has 1 fully saturated rings. The van der Waals surface area contributed by atoms with Crippen LogP contribution in [0, 0.1) is 11.3 Å². The monoisotopic (exact) mass is 237 g/mol. The average molecular weight is 237 g/mol. The van der Waals surface area contributed by atoms with Gasteiger partial charge in [0.2, 0.25) is 0 Å². The third kappa shape index (κ3) is 5.25. The van der Waals surface area contributed by atoms with Crippen molar-refractivity contribution in [1.29, 1.82) is 0 Å². The van der Waals surface area contributed by atoms with E-state index in [0.717, 1.165) is 12.3 Å². The van der Waals surface area contributed by atoms with Crippen LogP contribution in [0.2, 0.25) is 0 Å². The molecule has 1 N–H and O–H groups in total. The largest absolute Gasteiger partial charge is 0.314 e. The molecule has 1 nitrogen and oxygen atoms in total. The third-order valence-electron chi connectivity index (χ3n) is 4.13. The van der Waals surface area contributed by atoms with E-state index in [0.29, 0.717) is 11.5 Å². The smallest absolute Gasteiger partial charge is 0.00419 e. The van der Waals surface area contributed by atoms with Crippen molar-refractivity contribution >= 4 is 0 Å². The van der Waals surface area contributed by atoms with Crippen LogP contribution in [0.1, 0.15) is 65.7 Å². The fourth-order valence-corrected chi connectivity index (χ4v) is 3.30. The molecule has 0 saturated heterocycles. The highest BCUT2D eigenvalue weighted by molar-refractivity contribution is 4.88. The first kappa shape index (κ1) is 14.8. The van der Waals surface area contributed by atoms with Gasteiger partial charge in [-0.25, -0.2) is 0 Å². The van der Waals surface area contributed by atoms with Gasteiger partial charge < -0.3 is 5.32 Å². The molecule has 0 aromatic heterocycles. The number of hydrogen-bond donors (Lipinski definition) is 1. The van der Waals surface area contributed by atoms with Crippen LogP contribution >= 0.6 is 0 Å². The zero-order chi connectivity index (χ0) is 12.7. The minimum absolute atomic E-state index is 0.608. The molecule has 1 heteroatoms. The first-order valence-electron chi connectivity index (χ1n) is 7.42. The highest BCUT2D eigenvalue weighted by Crippen LogP contribution is 2.42. The lowest BCUT2D eigenvalue weighted by Crippen LogP contribution is -2.38. The molecule has 1 aliphatic carbocycles. The van der Waals surface area contributed by atoms with Crippen LogP contribution in [0.4, 0.5) is 0 Å². The molecule has 1 unspecified atom stereocenters. The minimum atomic E-state index is 0.608. The predicted molar refractivity (Wildman–Crippen MR) is 77.3 cm³/mol. The topological polar surface area (TPSA) is 12.0 Å². The molecule has 100 valence electrons. The normalized spacial score (nSPS) is 20.7. The van der Waals surface area contributed by atoms with Crippen molar-refractivity contribution in [3.05, 3.63) is 12.7 Å². The highest BCUT2D eigenvalue weighted by Gasteiger charge is 2.34. The van der Waals surface area contributed by atoms with Crippen LogP contribution in [0.3, 0.4) is 0 Å². The van der Waals surface area contributed by atoms with Gasteiger partial charge in [0.25, 0.3) is 0 Å². The van der Waals surface area contributed by atoms with Crippen molar-refractivity contribution in [2.24, 2.45) is 11.3 Å². The summed E-state index contributed by atoms with van der Waals surface area (Å²) in [5.74, 6) is 0.832. The van der Waals surface area contributed by atoms with E-state index < -0.39 is 0 Å². The summed E-state index contributed by atoms with van der Waals surface area (Å²) in [5.41, 5.74) is 0.608. The molecular weight excluding hydrogens is 206 g/mol. The summed E-state index contributed by atoms with van der Waals surface area (Å²) in [5, 5.41) is 3.76. The molecule has 1 rings (SSSR count). The zero-order valence-corrected chi connectivity index (χ0v) is 12.1. The molecule has 1 aliphatic rings. The first-order chi connectivity index (χ1) is 8.08. The highest BCUT2D eigenvalue weighted by atomic mass is 14.9. The summed E-state index contributed by atoms with van der Waals surface area (Å²) in [6, 6.07) is 0.637. The number of hydrogen-bond acceptors (Lipinski definition) is 1. The Morgan fingerprint density at radius 3 is 2.41 bits per heavy atom. The van der Waals surface area contributed by atoms with Crippen molar-refractivity contribution in [2.45, 2.75) is 71.8 Å².